The second-order valence-corrected chi connectivity index (χ2v) is 7.95. The van der Waals surface area contributed by atoms with Crippen LogP contribution in [0, 0.1) is 18.3 Å². The fraction of sp³-hybridized carbons (Fsp3) is 0.320. The number of carbonyl (C=O) groups is 3. The number of likely N-dealkylation sites (N-methyl/N-ethyl adjacent to an activating group) is 1. The normalized spacial score (nSPS) is 15.6. The summed E-state index contributed by atoms with van der Waals surface area (Å²) in [6, 6.07) is 14.8. The third kappa shape index (κ3) is 4.95. The highest BCUT2D eigenvalue weighted by atomic mass is 16.2. The third-order valence-corrected chi connectivity index (χ3v) is 5.49. The second kappa shape index (κ2) is 9.48. The van der Waals surface area contributed by atoms with Crippen molar-refractivity contribution in [2.24, 2.45) is 5.92 Å². The van der Waals surface area contributed by atoms with Gasteiger partial charge in [-0.25, -0.2) is 0 Å². The van der Waals surface area contributed by atoms with Crippen molar-refractivity contribution in [3.8, 4) is 12.3 Å². The molecular formula is C25H27N3O3. The van der Waals surface area contributed by atoms with Crippen molar-refractivity contribution in [1.82, 2.24) is 5.32 Å². The van der Waals surface area contributed by atoms with E-state index in [-0.39, 0.29) is 37.2 Å². The molecule has 160 valence electrons. The zero-order chi connectivity index (χ0) is 22.5. The average molecular weight is 418 g/mol. The molecule has 3 amide bonds. The van der Waals surface area contributed by atoms with Crippen LogP contribution >= 0.6 is 0 Å². The molecule has 1 atom stereocenters. The van der Waals surface area contributed by atoms with Crippen LogP contribution in [0.25, 0.3) is 0 Å². The first kappa shape index (κ1) is 22.1. The zero-order valence-electron chi connectivity index (χ0n) is 18.1. The van der Waals surface area contributed by atoms with Crippen LogP contribution in [0.3, 0.4) is 0 Å². The van der Waals surface area contributed by atoms with Crippen LogP contribution in [0.5, 0.6) is 0 Å². The van der Waals surface area contributed by atoms with Crippen LogP contribution in [0.1, 0.15) is 37.3 Å². The Morgan fingerprint density at radius 2 is 1.97 bits per heavy atom. The first-order valence-corrected chi connectivity index (χ1v) is 10.3. The lowest BCUT2D eigenvalue weighted by Crippen LogP contribution is -2.43. The molecule has 2 aromatic carbocycles. The lowest BCUT2D eigenvalue weighted by Gasteiger charge is -2.25. The van der Waals surface area contributed by atoms with Crippen molar-refractivity contribution >= 4 is 29.1 Å². The van der Waals surface area contributed by atoms with Gasteiger partial charge in [-0.15, -0.1) is 6.42 Å². The van der Waals surface area contributed by atoms with E-state index < -0.39 is 5.92 Å². The molecule has 6 nitrogen and oxygen atoms in total. The topological polar surface area (TPSA) is 69.7 Å². The van der Waals surface area contributed by atoms with Crippen LogP contribution in [0.2, 0.25) is 0 Å². The van der Waals surface area contributed by atoms with Crippen LogP contribution in [-0.4, -0.2) is 37.9 Å². The van der Waals surface area contributed by atoms with Gasteiger partial charge >= 0.3 is 0 Å². The summed E-state index contributed by atoms with van der Waals surface area (Å²) in [6.07, 6.45) is 5.60. The van der Waals surface area contributed by atoms with Crippen LogP contribution in [-0.2, 0) is 14.4 Å². The predicted molar refractivity (Wildman–Crippen MR) is 122 cm³/mol. The van der Waals surface area contributed by atoms with Crippen molar-refractivity contribution in [2.75, 3.05) is 29.9 Å². The van der Waals surface area contributed by atoms with Crippen molar-refractivity contribution in [3.05, 3.63) is 59.7 Å². The van der Waals surface area contributed by atoms with Gasteiger partial charge in [0.05, 0.1) is 5.92 Å². The molecule has 0 spiro atoms. The van der Waals surface area contributed by atoms with E-state index in [1.165, 1.54) is 11.9 Å². The first-order valence-electron chi connectivity index (χ1n) is 10.3. The summed E-state index contributed by atoms with van der Waals surface area (Å²) in [7, 11) is 1.52. The highest BCUT2D eigenvalue weighted by Crippen LogP contribution is 2.30. The third-order valence-electron chi connectivity index (χ3n) is 5.49. The van der Waals surface area contributed by atoms with E-state index in [0.717, 1.165) is 11.3 Å². The van der Waals surface area contributed by atoms with Gasteiger partial charge in [-0.1, -0.05) is 38.0 Å². The fourth-order valence-corrected chi connectivity index (χ4v) is 3.68. The van der Waals surface area contributed by atoms with Gasteiger partial charge < -0.3 is 15.1 Å². The van der Waals surface area contributed by atoms with Crippen molar-refractivity contribution < 1.29 is 14.4 Å². The van der Waals surface area contributed by atoms with Gasteiger partial charge in [-0.2, -0.15) is 0 Å². The molecular weight excluding hydrogens is 390 g/mol. The fourth-order valence-electron chi connectivity index (χ4n) is 3.68. The number of terminal acetylenes is 1. The summed E-state index contributed by atoms with van der Waals surface area (Å²) in [5, 5.41) is 2.55. The Morgan fingerprint density at radius 3 is 2.65 bits per heavy atom. The lowest BCUT2D eigenvalue weighted by molar-refractivity contribution is -0.126. The van der Waals surface area contributed by atoms with Gasteiger partial charge in [-0.05, 0) is 41.8 Å². The van der Waals surface area contributed by atoms with E-state index in [4.69, 9.17) is 6.42 Å². The number of rotatable bonds is 6. The Hall–Kier alpha value is -3.59. The largest absolute Gasteiger partial charge is 0.358 e. The van der Waals surface area contributed by atoms with Gasteiger partial charge in [0.2, 0.25) is 17.7 Å². The van der Waals surface area contributed by atoms with Gasteiger partial charge in [-0.3, -0.25) is 14.4 Å². The molecule has 0 radical (unpaired) electrons. The Balaban J connectivity index is 1.86. The number of anilines is 2. The summed E-state index contributed by atoms with van der Waals surface area (Å²) in [4.78, 5) is 41.3. The standard InChI is InChI=1S/C25H27N3O3/c1-5-18-8-6-10-21(12-18)28(16-23(29)26-4)25(31)20-14-24(30)27(15-20)22-11-7-9-19(13-22)17(2)3/h1,6-13,17,20H,14-16H2,2-4H3,(H,26,29). The molecule has 1 heterocycles. The quantitative estimate of drug-likeness (QED) is 0.735. The first-order chi connectivity index (χ1) is 14.8. The minimum Gasteiger partial charge on any atom is -0.358 e. The van der Waals surface area contributed by atoms with Crippen molar-refractivity contribution in [2.45, 2.75) is 26.2 Å². The number of hydrogen-bond acceptors (Lipinski definition) is 3. The number of carbonyl (C=O) groups excluding carboxylic acids is 3. The highest BCUT2D eigenvalue weighted by molar-refractivity contribution is 6.06. The number of nitrogens with one attached hydrogen (secondary N) is 1. The van der Waals surface area contributed by atoms with Crippen LogP contribution in [0.4, 0.5) is 11.4 Å². The summed E-state index contributed by atoms with van der Waals surface area (Å²) < 4.78 is 0. The zero-order valence-corrected chi connectivity index (χ0v) is 18.1. The van der Waals surface area contributed by atoms with Crippen molar-refractivity contribution in [1.29, 1.82) is 0 Å². The number of amides is 3. The van der Waals surface area contributed by atoms with E-state index in [1.807, 2.05) is 24.3 Å². The van der Waals surface area contributed by atoms with E-state index in [2.05, 4.69) is 25.1 Å². The SMILES string of the molecule is C#Cc1cccc(N(CC(=O)NC)C(=O)C2CC(=O)N(c3cccc(C(C)C)c3)C2)c1. The maximum Gasteiger partial charge on any atom is 0.239 e. The molecule has 1 saturated heterocycles. The maximum atomic E-state index is 13.4. The molecule has 1 aliphatic heterocycles. The second-order valence-electron chi connectivity index (χ2n) is 7.95. The average Bonchev–Trinajstić information content (AvgIpc) is 3.18. The molecule has 0 aromatic heterocycles. The summed E-state index contributed by atoms with van der Waals surface area (Å²) in [6.45, 7) is 4.33. The summed E-state index contributed by atoms with van der Waals surface area (Å²) in [5.41, 5.74) is 3.07. The molecule has 3 rings (SSSR count). The Kier molecular flexibility index (Phi) is 6.76. The molecule has 1 aliphatic rings. The number of benzene rings is 2. The van der Waals surface area contributed by atoms with Crippen LogP contribution in [0.15, 0.2) is 48.5 Å². The predicted octanol–water partition coefficient (Wildman–Crippen LogP) is 2.92. The minimum absolute atomic E-state index is 0.100. The van der Waals surface area contributed by atoms with Gasteiger partial charge in [0.25, 0.3) is 0 Å². The maximum absolute atomic E-state index is 13.4. The lowest BCUT2D eigenvalue weighted by atomic mass is 10.0. The molecule has 0 bridgehead atoms. The number of nitrogens with zero attached hydrogens (tertiary/aromatic N) is 2. The molecule has 1 N–H and O–H groups in total. The molecule has 0 saturated carbocycles. The Labute approximate surface area is 183 Å². The molecule has 31 heavy (non-hydrogen) atoms. The van der Waals surface area contributed by atoms with E-state index in [0.29, 0.717) is 17.2 Å². The van der Waals surface area contributed by atoms with E-state index >= 15 is 0 Å². The monoisotopic (exact) mass is 417 g/mol. The van der Waals surface area contributed by atoms with E-state index in [1.54, 1.807) is 29.2 Å². The van der Waals surface area contributed by atoms with Gasteiger partial charge in [0.15, 0.2) is 0 Å². The minimum atomic E-state index is -0.547. The molecule has 6 heteroatoms. The smallest absolute Gasteiger partial charge is 0.239 e. The Morgan fingerprint density at radius 1 is 1.23 bits per heavy atom. The van der Waals surface area contributed by atoms with Gasteiger partial charge in [0, 0.05) is 37.0 Å². The summed E-state index contributed by atoms with van der Waals surface area (Å²) >= 11 is 0. The van der Waals surface area contributed by atoms with Crippen LogP contribution < -0.4 is 15.1 Å². The van der Waals surface area contributed by atoms with Crippen molar-refractivity contribution in [3.63, 3.8) is 0 Å². The molecule has 1 unspecified atom stereocenters. The molecule has 0 aliphatic carbocycles. The Bertz CT molecular complexity index is 1040. The van der Waals surface area contributed by atoms with E-state index in [9.17, 15) is 14.4 Å². The highest BCUT2D eigenvalue weighted by Gasteiger charge is 2.38. The number of hydrogen-bond donors (Lipinski definition) is 1. The summed E-state index contributed by atoms with van der Waals surface area (Å²) in [5.74, 6) is 1.66. The molecule has 2 aromatic rings. The van der Waals surface area contributed by atoms with Gasteiger partial charge in [0.1, 0.15) is 6.54 Å². The molecule has 1 fully saturated rings.